The fourth-order valence-corrected chi connectivity index (χ4v) is 4.48. The Morgan fingerprint density at radius 1 is 1.14 bits per heavy atom. The number of fused-ring (bicyclic) bond motifs is 1. The number of carbonyl (C=O) groups excluding carboxylic acids is 2. The molecule has 2 heterocycles. The van der Waals surface area contributed by atoms with Crippen LogP contribution in [0.5, 0.6) is 0 Å². The van der Waals surface area contributed by atoms with Gasteiger partial charge in [-0.1, -0.05) is 35.9 Å². The number of carbonyl (C=O) groups is 2. The van der Waals surface area contributed by atoms with E-state index in [1.54, 1.807) is 69.3 Å². The Hall–Kier alpha value is -3.53. The van der Waals surface area contributed by atoms with E-state index < -0.39 is 41.7 Å². The van der Waals surface area contributed by atoms with Crippen molar-refractivity contribution >= 4 is 34.5 Å². The Labute approximate surface area is 210 Å². The van der Waals surface area contributed by atoms with Crippen LogP contribution in [0, 0.1) is 0 Å². The largest absolute Gasteiger partial charge is 0.444 e. The molecule has 1 aliphatic rings. The molecule has 36 heavy (non-hydrogen) atoms. The number of likely N-dealkylation sites (tertiary alicyclic amines) is 1. The smallest absolute Gasteiger partial charge is 0.410 e. The molecule has 4 rings (SSSR count). The van der Waals surface area contributed by atoms with Crippen molar-refractivity contribution in [2.75, 3.05) is 6.54 Å². The summed E-state index contributed by atoms with van der Waals surface area (Å²) in [4.78, 5) is 44.6. The summed E-state index contributed by atoms with van der Waals surface area (Å²) < 4.78 is 32.8. The summed E-state index contributed by atoms with van der Waals surface area (Å²) in [5.41, 5.74) is -0.485. The molecule has 1 saturated heterocycles. The lowest BCUT2D eigenvalue weighted by Crippen LogP contribution is -2.42. The first-order chi connectivity index (χ1) is 17.0. The quantitative estimate of drug-likeness (QED) is 0.550. The molecule has 0 bridgehead atoms. The molecule has 3 aromatic rings. The van der Waals surface area contributed by atoms with Crippen molar-refractivity contribution in [3.8, 4) is 5.69 Å². The lowest BCUT2D eigenvalue weighted by molar-refractivity contribution is -0.132. The van der Waals surface area contributed by atoms with Gasteiger partial charge in [0, 0.05) is 12.6 Å². The molecule has 0 saturated carbocycles. The minimum Gasteiger partial charge on any atom is -0.444 e. The van der Waals surface area contributed by atoms with Crippen molar-refractivity contribution in [1.82, 2.24) is 19.8 Å². The number of nitrogens with zero attached hydrogens (tertiary/aromatic N) is 3. The number of alkyl halides is 2. The van der Waals surface area contributed by atoms with Crippen molar-refractivity contribution in [2.24, 2.45) is 0 Å². The average Bonchev–Trinajstić information content (AvgIpc) is 3.22. The first-order valence-electron chi connectivity index (χ1n) is 11.3. The topological polar surface area (TPSA) is 93.5 Å². The minimum absolute atomic E-state index is 0.0447. The third-order valence-corrected chi connectivity index (χ3v) is 5.97. The average molecular weight is 519 g/mol. The van der Waals surface area contributed by atoms with Crippen LogP contribution in [-0.2, 0) is 9.53 Å². The molecule has 0 unspecified atom stereocenters. The number of halogens is 3. The zero-order chi connectivity index (χ0) is 26.2. The first-order valence-corrected chi connectivity index (χ1v) is 11.7. The van der Waals surface area contributed by atoms with Crippen LogP contribution in [0.25, 0.3) is 16.6 Å². The minimum atomic E-state index is -3.21. The van der Waals surface area contributed by atoms with E-state index in [1.165, 1.54) is 9.47 Å². The molecule has 1 fully saturated rings. The molecule has 1 aromatic heterocycles. The van der Waals surface area contributed by atoms with Crippen LogP contribution in [-0.4, -0.2) is 51.1 Å². The Morgan fingerprint density at radius 3 is 2.47 bits per heavy atom. The fraction of sp³-hybridized carbons (Fsp3) is 0.360. The Bertz CT molecular complexity index is 1360. The third-order valence-electron chi connectivity index (χ3n) is 5.66. The van der Waals surface area contributed by atoms with Crippen molar-refractivity contribution in [3.63, 3.8) is 0 Å². The number of rotatable bonds is 4. The lowest BCUT2D eigenvalue weighted by atomic mass is 10.1. The van der Waals surface area contributed by atoms with Crippen molar-refractivity contribution in [1.29, 1.82) is 0 Å². The maximum absolute atomic E-state index is 13.7. The van der Waals surface area contributed by atoms with E-state index in [-0.39, 0.29) is 29.2 Å². The lowest BCUT2D eigenvalue weighted by Gasteiger charge is -2.29. The zero-order valence-corrected chi connectivity index (χ0v) is 20.6. The molecular weight excluding hydrogens is 494 g/mol. The van der Waals surface area contributed by atoms with E-state index in [1.807, 2.05) is 0 Å². The van der Waals surface area contributed by atoms with E-state index in [4.69, 9.17) is 21.3 Å². The van der Waals surface area contributed by atoms with Crippen molar-refractivity contribution < 1.29 is 23.1 Å². The summed E-state index contributed by atoms with van der Waals surface area (Å²) in [7, 11) is 0. The number of hydrogen-bond acceptors (Lipinski definition) is 5. The highest BCUT2D eigenvalue weighted by atomic mass is 35.5. The standard InChI is InChI=1S/C25H25ClF2N4O4/c1-25(2,3)36-24(35)31-13-14(29-22(33)20(27)28)12-18(31)21-30-17-11-7-10-16(26)19(17)23(34)32(21)15-8-5-4-6-9-15/h4-11,14,18,20H,12-13H2,1-3H3,(H,29,33)/t14-,18+/m1/s1. The Balaban J connectivity index is 1.89. The monoisotopic (exact) mass is 518 g/mol. The van der Waals surface area contributed by atoms with Gasteiger partial charge in [0.05, 0.1) is 27.7 Å². The van der Waals surface area contributed by atoms with Gasteiger partial charge in [-0.2, -0.15) is 8.78 Å². The fourth-order valence-electron chi connectivity index (χ4n) is 4.23. The molecule has 8 nitrogen and oxygen atoms in total. The summed E-state index contributed by atoms with van der Waals surface area (Å²) in [6.45, 7) is 4.99. The van der Waals surface area contributed by atoms with Crippen LogP contribution in [0.1, 0.15) is 39.1 Å². The van der Waals surface area contributed by atoms with E-state index in [0.29, 0.717) is 11.2 Å². The van der Waals surface area contributed by atoms with E-state index in [9.17, 15) is 23.2 Å². The van der Waals surface area contributed by atoms with Crippen LogP contribution >= 0.6 is 11.6 Å². The summed E-state index contributed by atoms with van der Waals surface area (Å²) in [5.74, 6) is -1.25. The third kappa shape index (κ3) is 5.18. The summed E-state index contributed by atoms with van der Waals surface area (Å²) in [6.07, 6.45) is -3.88. The molecule has 2 aromatic carbocycles. The van der Waals surface area contributed by atoms with Gasteiger partial charge in [0.1, 0.15) is 11.4 Å². The van der Waals surface area contributed by atoms with Crippen LogP contribution in [0.3, 0.4) is 0 Å². The number of benzene rings is 2. The highest BCUT2D eigenvalue weighted by molar-refractivity contribution is 6.35. The highest BCUT2D eigenvalue weighted by Crippen LogP contribution is 2.34. The number of ether oxygens (including phenoxy) is 1. The van der Waals surface area contributed by atoms with Gasteiger partial charge in [0.2, 0.25) is 0 Å². The first kappa shape index (κ1) is 25.6. The highest BCUT2D eigenvalue weighted by Gasteiger charge is 2.42. The number of nitrogens with one attached hydrogen (secondary N) is 1. The molecule has 190 valence electrons. The van der Waals surface area contributed by atoms with Crippen molar-refractivity contribution in [2.45, 2.75) is 51.3 Å². The van der Waals surface area contributed by atoms with E-state index in [2.05, 4.69) is 5.32 Å². The normalized spacial score (nSPS) is 18.0. The number of para-hydroxylation sites is 1. The van der Waals surface area contributed by atoms with Crippen LogP contribution in [0.15, 0.2) is 53.3 Å². The van der Waals surface area contributed by atoms with Crippen LogP contribution < -0.4 is 10.9 Å². The summed E-state index contributed by atoms with van der Waals surface area (Å²) in [5, 5.41) is 2.70. The van der Waals surface area contributed by atoms with E-state index in [0.717, 1.165) is 0 Å². The molecule has 11 heteroatoms. The molecule has 0 spiro atoms. The van der Waals surface area contributed by atoms with Gasteiger partial charge >= 0.3 is 12.5 Å². The number of amides is 2. The maximum Gasteiger partial charge on any atom is 0.410 e. The van der Waals surface area contributed by atoms with E-state index >= 15 is 0 Å². The summed E-state index contributed by atoms with van der Waals surface area (Å²) >= 11 is 6.34. The maximum atomic E-state index is 13.7. The zero-order valence-electron chi connectivity index (χ0n) is 19.9. The molecule has 0 aliphatic carbocycles. The molecule has 1 N–H and O–H groups in total. The van der Waals surface area contributed by atoms with Gasteiger partial charge in [-0.05, 0) is 51.5 Å². The number of hydrogen-bond donors (Lipinski definition) is 1. The molecule has 2 amide bonds. The molecular formula is C25H25ClF2N4O4. The van der Waals surface area contributed by atoms with Gasteiger partial charge < -0.3 is 10.1 Å². The molecule has 1 aliphatic heterocycles. The summed E-state index contributed by atoms with van der Waals surface area (Å²) in [6, 6.07) is 11.9. The van der Waals surface area contributed by atoms with Gasteiger partial charge in [0.15, 0.2) is 0 Å². The number of aromatic nitrogens is 2. The second kappa shape index (κ2) is 9.85. The predicted molar refractivity (Wildman–Crippen MR) is 131 cm³/mol. The second-order valence-electron chi connectivity index (χ2n) is 9.47. The molecule has 2 atom stereocenters. The predicted octanol–water partition coefficient (Wildman–Crippen LogP) is 4.47. The van der Waals surface area contributed by atoms with Crippen LogP contribution in [0.2, 0.25) is 5.02 Å². The molecule has 0 radical (unpaired) electrons. The van der Waals surface area contributed by atoms with Gasteiger partial charge in [-0.25, -0.2) is 9.78 Å². The van der Waals surface area contributed by atoms with Gasteiger partial charge in [0.25, 0.3) is 11.5 Å². The SMILES string of the molecule is CC(C)(C)OC(=O)N1C[C@H](NC(=O)C(F)F)C[C@H]1c1nc2cccc(Cl)c2c(=O)n1-c1ccccc1. The van der Waals surface area contributed by atoms with Gasteiger partial charge in [-0.15, -0.1) is 0 Å². The Morgan fingerprint density at radius 2 is 1.83 bits per heavy atom. The van der Waals surface area contributed by atoms with Gasteiger partial charge in [-0.3, -0.25) is 19.1 Å². The van der Waals surface area contributed by atoms with Crippen LogP contribution in [0.4, 0.5) is 13.6 Å². The second-order valence-corrected chi connectivity index (χ2v) is 9.88. The Kier molecular flexibility index (Phi) is 6.99. The van der Waals surface area contributed by atoms with Crippen molar-refractivity contribution in [3.05, 3.63) is 69.7 Å².